The van der Waals surface area contributed by atoms with Gasteiger partial charge in [0, 0.05) is 26.3 Å². The predicted octanol–water partition coefficient (Wildman–Crippen LogP) is 1.49. The maximum Gasteiger partial charge on any atom is 0.0491 e. The lowest BCUT2D eigenvalue weighted by atomic mass is 9.95. The topological polar surface area (TPSA) is 24.5 Å². The Morgan fingerprint density at radius 2 is 2.00 bits per heavy atom. The molecule has 16 heavy (non-hydrogen) atoms. The summed E-state index contributed by atoms with van der Waals surface area (Å²) in [6, 6.07) is 0.797. The minimum absolute atomic E-state index is 0.797. The van der Waals surface area contributed by atoms with E-state index in [4.69, 9.17) is 4.74 Å². The Bertz CT molecular complexity index is 182. The number of rotatable bonds is 3. The number of likely N-dealkylation sites (tertiary alicyclic amines) is 1. The average molecular weight is 226 g/mol. The smallest absolute Gasteiger partial charge is 0.0491 e. The monoisotopic (exact) mass is 226 g/mol. The summed E-state index contributed by atoms with van der Waals surface area (Å²) >= 11 is 0. The predicted molar refractivity (Wildman–Crippen MR) is 66.7 cm³/mol. The third-order valence-electron chi connectivity index (χ3n) is 4.09. The highest BCUT2D eigenvalue weighted by atomic mass is 16.5. The van der Waals surface area contributed by atoms with Gasteiger partial charge >= 0.3 is 0 Å². The van der Waals surface area contributed by atoms with E-state index in [9.17, 15) is 0 Å². The van der Waals surface area contributed by atoms with E-state index in [1.165, 1.54) is 58.3 Å². The highest BCUT2D eigenvalue weighted by Crippen LogP contribution is 2.21. The normalized spacial score (nSPS) is 30.2. The largest absolute Gasteiger partial charge is 0.384 e. The van der Waals surface area contributed by atoms with Crippen LogP contribution in [0, 0.1) is 5.92 Å². The fourth-order valence-electron chi connectivity index (χ4n) is 3.03. The summed E-state index contributed by atoms with van der Waals surface area (Å²) in [6.07, 6.45) is 6.79. The zero-order chi connectivity index (χ0) is 11.2. The highest BCUT2D eigenvalue weighted by Gasteiger charge is 2.25. The third-order valence-corrected chi connectivity index (χ3v) is 4.09. The van der Waals surface area contributed by atoms with Gasteiger partial charge in [-0.1, -0.05) is 6.42 Å². The van der Waals surface area contributed by atoms with E-state index in [-0.39, 0.29) is 0 Å². The zero-order valence-electron chi connectivity index (χ0n) is 10.6. The van der Waals surface area contributed by atoms with Crippen LogP contribution in [-0.4, -0.2) is 50.8 Å². The van der Waals surface area contributed by atoms with Crippen molar-refractivity contribution < 1.29 is 4.74 Å². The Balaban J connectivity index is 1.74. The molecule has 0 amide bonds. The van der Waals surface area contributed by atoms with Gasteiger partial charge in [-0.15, -0.1) is 0 Å². The Morgan fingerprint density at radius 1 is 1.19 bits per heavy atom. The lowest BCUT2D eigenvalue weighted by molar-refractivity contribution is 0.0780. The average Bonchev–Trinajstić information content (AvgIpc) is 2.59. The van der Waals surface area contributed by atoms with Gasteiger partial charge in [-0.2, -0.15) is 0 Å². The van der Waals surface area contributed by atoms with E-state index >= 15 is 0 Å². The molecule has 94 valence electrons. The first-order chi connectivity index (χ1) is 7.90. The highest BCUT2D eigenvalue weighted by molar-refractivity contribution is 4.81. The summed E-state index contributed by atoms with van der Waals surface area (Å²) in [5, 5.41) is 3.56. The molecular weight excluding hydrogens is 200 g/mol. The number of ether oxygens (including phenoxy) is 1. The zero-order valence-corrected chi connectivity index (χ0v) is 10.6. The van der Waals surface area contributed by atoms with Gasteiger partial charge in [0.15, 0.2) is 0 Å². The van der Waals surface area contributed by atoms with Crippen LogP contribution in [0.2, 0.25) is 0 Å². The van der Waals surface area contributed by atoms with Crippen LogP contribution in [-0.2, 0) is 4.74 Å². The Morgan fingerprint density at radius 3 is 2.75 bits per heavy atom. The Kier molecular flexibility index (Phi) is 5.07. The van der Waals surface area contributed by atoms with Gasteiger partial charge in [-0.3, -0.25) is 4.90 Å². The third kappa shape index (κ3) is 3.44. The Hall–Kier alpha value is -0.120. The van der Waals surface area contributed by atoms with Crippen LogP contribution in [0.4, 0.5) is 0 Å². The summed E-state index contributed by atoms with van der Waals surface area (Å²) in [4.78, 5) is 2.70. The molecule has 2 aliphatic rings. The number of hydrogen-bond donors (Lipinski definition) is 1. The standard InChI is InChI=1S/C13H26N2O/c1-16-11-12-5-8-15(9-6-12)13-4-2-3-7-14-10-13/h12-14H,2-11H2,1H3. The van der Waals surface area contributed by atoms with Gasteiger partial charge in [0.2, 0.25) is 0 Å². The second kappa shape index (κ2) is 6.58. The molecule has 3 nitrogen and oxygen atoms in total. The van der Waals surface area contributed by atoms with Crippen molar-refractivity contribution >= 4 is 0 Å². The minimum Gasteiger partial charge on any atom is -0.384 e. The Labute approximate surface area is 99.5 Å². The molecule has 1 unspecified atom stereocenters. The molecule has 1 N–H and O–H groups in total. The van der Waals surface area contributed by atoms with Gasteiger partial charge in [0.25, 0.3) is 0 Å². The quantitative estimate of drug-likeness (QED) is 0.789. The maximum absolute atomic E-state index is 5.25. The van der Waals surface area contributed by atoms with Gasteiger partial charge < -0.3 is 10.1 Å². The first-order valence-corrected chi connectivity index (χ1v) is 6.84. The first kappa shape index (κ1) is 12.3. The summed E-state index contributed by atoms with van der Waals surface area (Å²) in [5.41, 5.74) is 0. The molecule has 0 bridgehead atoms. The van der Waals surface area contributed by atoms with E-state index in [1.807, 2.05) is 7.11 Å². The molecule has 2 saturated heterocycles. The molecule has 0 saturated carbocycles. The summed E-state index contributed by atoms with van der Waals surface area (Å²) in [7, 11) is 1.82. The lowest BCUT2D eigenvalue weighted by Gasteiger charge is -2.37. The second-order valence-corrected chi connectivity index (χ2v) is 5.29. The molecule has 2 fully saturated rings. The van der Waals surface area contributed by atoms with Crippen molar-refractivity contribution in [2.24, 2.45) is 5.92 Å². The molecule has 2 heterocycles. The molecule has 0 radical (unpaired) electrons. The fourth-order valence-corrected chi connectivity index (χ4v) is 3.03. The number of nitrogens with one attached hydrogen (secondary N) is 1. The van der Waals surface area contributed by atoms with Crippen molar-refractivity contribution in [3.8, 4) is 0 Å². The first-order valence-electron chi connectivity index (χ1n) is 6.84. The van der Waals surface area contributed by atoms with Crippen LogP contribution < -0.4 is 5.32 Å². The molecule has 1 atom stereocenters. The van der Waals surface area contributed by atoms with Gasteiger partial charge in [0.1, 0.15) is 0 Å². The molecule has 0 aliphatic carbocycles. The minimum atomic E-state index is 0.797. The molecule has 0 aromatic heterocycles. The molecule has 2 rings (SSSR count). The van der Waals surface area contributed by atoms with Crippen molar-refractivity contribution in [3.63, 3.8) is 0 Å². The van der Waals surface area contributed by atoms with Crippen LogP contribution in [0.5, 0.6) is 0 Å². The van der Waals surface area contributed by atoms with Crippen LogP contribution in [0.15, 0.2) is 0 Å². The summed E-state index contributed by atoms with van der Waals surface area (Å²) < 4.78 is 5.25. The van der Waals surface area contributed by atoms with Crippen molar-refractivity contribution in [2.75, 3.05) is 39.9 Å². The molecule has 0 spiro atoms. The lowest BCUT2D eigenvalue weighted by Crippen LogP contribution is -2.46. The van der Waals surface area contributed by atoms with Gasteiger partial charge in [0.05, 0.1) is 0 Å². The van der Waals surface area contributed by atoms with Crippen LogP contribution in [0.1, 0.15) is 32.1 Å². The van der Waals surface area contributed by atoms with Crippen molar-refractivity contribution in [2.45, 2.75) is 38.1 Å². The van der Waals surface area contributed by atoms with Crippen LogP contribution in [0.3, 0.4) is 0 Å². The van der Waals surface area contributed by atoms with Crippen molar-refractivity contribution in [1.29, 1.82) is 0 Å². The van der Waals surface area contributed by atoms with Crippen LogP contribution >= 0.6 is 0 Å². The van der Waals surface area contributed by atoms with E-state index in [2.05, 4.69) is 10.2 Å². The SMILES string of the molecule is COCC1CCN(C2CCCCNC2)CC1. The summed E-state index contributed by atoms with van der Waals surface area (Å²) in [6.45, 7) is 5.93. The number of methoxy groups -OCH3 is 1. The van der Waals surface area contributed by atoms with Crippen molar-refractivity contribution in [1.82, 2.24) is 10.2 Å². The number of nitrogens with zero attached hydrogens (tertiary/aromatic N) is 1. The number of piperidine rings is 1. The number of hydrogen-bond acceptors (Lipinski definition) is 3. The maximum atomic E-state index is 5.25. The van der Waals surface area contributed by atoms with E-state index in [0.29, 0.717) is 0 Å². The molecule has 0 aromatic carbocycles. The summed E-state index contributed by atoms with van der Waals surface area (Å²) in [5.74, 6) is 0.806. The van der Waals surface area contributed by atoms with Gasteiger partial charge in [-0.25, -0.2) is 0 Å². The molecule has 0 aromatic rings. The second-order valence-electron chi connectivity index (χ2n) is 5.29. The van der Waals surface area contributed by atoms with Crippen LogP contribution in [0.25, 0.3) is 0 Å². The fraction of sp³-hybridized carbons (Fsp3) is 1.00. The van der Waals surface area contributed by atoms with E-state index < -0.39 is 0 Å². The molecule has 2 aliphatic heterocycles. The van der Waals surface area contributed by atoms with Crippen molar-refractivity contribution in [3.05, 3.63) is 0 Å². The molecular formula is C13H26N2O. The van der Waals surface area contributed by atoms with E-state index in [0.717, 1.165) is 18.6 Å². The molecule has 3 heteroatoms. The van der Waals surface area contributed by atoms with E-state index in [1.54, 1.807) is 0 Å². The van der Waals surface area contributed by atoms with Gasteiger partial charge in [-0.05, 0) is 51.2 Å².